The van der Waals surface area contributed by atoms with Gasteiger partial charge in [-0.1, -0.05) is 34.4 Å². The fraction of sp³-hybridized carbons (Fsp3) is 0.0667. The highest BCUT2D eigenvalue weighted by atomic mass is 127. The second-order valence-electron chi connectivity index (χ2n) is 4.63. The van der Waals surface area contributed by atoms with Gasteiger partial charge in [0.15, 0.2) is 0 Å². The zero-order chi connectivity index (χ0) is 16.4. The van der Waals surface area contributed by atoms with Crippen molar-refractivity contribution in [3.63, 3.8) is 0 Å². The molecule has 0 bridgehead atoms. The fourth-order valence-corrected chi connectivity index (χ4v) is 2.88. The SMILES string of the molecule is Nc1nnc(-c2ccc(OCc3ccc(Cl)c(Cl)c3)c(I)c2)o1. The van der Waals surface area contributed by atoms with Crippen LogP contribution in [0.25, 0.3) is 11.5 Å². The molecule has 2 N–H and O–H groups in total. The van der Waals surface area contributed by atoms with Crippen LogP contribution < -0.4 is 10.5 Å². The minimum atomic E-state index is 0.0370. The number of aromatic nitrogens is 2. The highest BCUT2D eigenvalue weighted by molar-refractivity contribution is 14.1. The van der Waals surface area contributed by atoms with E-state index < -0.39 is 0 Å². The first kappa shape index (κ1) is 16.4. The molecule has 118 valence electrons. The van der Waals surface area contributed by atoms with Crippen LogP contribution in [-0.4, -0.2) is 10.2 Å². The molecule has 23 heavy (non-hydrogen) atoms. The van der Waals surface area contributed by atoms with Crippen LogP contribution in [0.1, 0.15) is 5.56 Å². The van der Waals surface area contributed by atoms with Crippen molar-refractivity contribution >= 4 is 51.8 Å². The molecule has 0 aliphatic rings. The number of hydrogen-bond donors (Lipinski definition) is 1. The van der Waals surface area contributed by atoms with Gasteiger partial charge < -0.3 is 14.9 Å². The number of rotatable bonds is 4. The summed E-state index contributed by atoms with van der Waals surface area (Å²) >= 11 is 14.1. The predicted octanol–water partition coefficient (Wildman–Crippen LogP) is 4.81. The van der Waals surface area contributed by atoms with E-state index in [-0.39, 0.29) is 6.01 Å². The summed E-state index contributed by atoms with van der Waals surface area (Å²) < 4.78 is 11.9. The van der Waals surface area contributed by atoms with E-state index in [1.54, 1.807) is 12.1 Å². The maximum atomic E-state index is 5.99. The Morgan fingerprint density at radius 2 is 1.91 bits per heavy atom. The van der Waals surface area contributed by atoms with Crippen molar-refractivity contribution < 1.29 is 9.15 Å². The summed E-state index contributed by atoms with van der Waals surface area (Å²) in [6.07, 6.45) is 0. The van der Waals surface area contributed by atoms with E-state index >= 15 is 0 Å². The molecule has 0 fully saturated rings. The van der Waals surface area contributed by atoms with Crippen LogP contribution in [0.5, 0.6) is 5.75 Å². The zero-order valence-electron chi connectivity index (χ0n) is 11.6. The molecule has 0 radical (unpaired) electrons. The van der Waals surface area contributed by atoms with Gasteiger partial charge >= 0.3 is 6.01 Å². The number of benzene rings is 2. The molecule has 0 aliphatic carbocycles. The van der Waals surface area contributed by atoms with Gasteiger partial charge in [-0.15, -0.1) is 5.10 Å². The summed E-state index contributed by atoms with van der Waals surface area (Å²) in [5.74, 6) is 1.12. The van der Waals surface area contributed by atoms with E-state index in [0.29, 0.717) is 22.5 Å². The Labute approximate surface area is 155 Å². The van der Waals surface area contributed by atoms with E-state index in [0.717, 1.165) is 20.4 Å². The van der Waals surface area contributed by atoms with Gasteiger partial charge in [-0.05, 0) is 58.5 Å². The monoisotopic (exact) mass is 461 g/mol. The minimum Gasteiger partial charge on any atom is -0.488 e. The molecule has 0 unspecified atom stereocenters. The quantitative estimate of drug-likeness (QED) is 0.564. The molecule has 2 aromatic carbocycles. The molecule has 0 atom stereocenters. The van der Waals surface area contributed by atoms with Gasteiger partial charge in [0.1, 0.15) is 12.4 Å². The Balaban J connectivity index is 1.74. The molecule has 0 spiro atoms. The lowest BCUT2D eigenvalue weighted by Gasteiger charge is -2.09. The average Bonchev–Trinajstić information content (AvgIpc) is 2.96. The Morgan fingerprint density at radius 3 is 2.57 bits per heavy atom. The molecule has 1 aromatic heterocycles. The predicted molar refractivity (Wildman–Crippen MR) is 97.7 cm³/mol. The second kappa shape index (κ2) is 6.94. The third kappa shape index (κ3) is 3.88. The number of nitrogens with zero attached hydrogens (tertiary/aromatic N) is 2. The summed E-state index contributed by atoms with van der Waals surface area (Å²) in [6, 6.07) is 11.0. The maximum absolute atomic E-state index is 5.99. The van der Waals surface area contributed by atoms with Crippen molar-refractivity contribution in [2.45, 2.75) is 6.61 Å². The third-order valence-electron chi connectivity index (χ3n) is 3.00. The average molecular weight is 462 g/mol. The van der Waals surface area contributed by atoms with Crippen LogP contribution >= 0.6 is 45.8 Å². The van der Waals surface area contributed by atoms with Gasteiger partial charge in [0.2, 0.25) is 5.89 Å². The minimum absolute atomic E-state index is 0.0370. The first-order chi connectivity index (χ1) is 11.0. The van der Waals surface area contributed by atoms with E-state index in [2.05, 4.69) is 32.8 Å². The largest absolute Gasteiger partial charge is 0.488 e. The first-order valence-corrected chi connectivity index (χ1v) is 8.32. The summed E-state index contributed by atoms with van der Waals surface area (Å²) in [5.41, 5.74) is 7.14. The van der Waals surface area contributed by atoms with Crippen molar-refractivity contribution in [1.29, 1.82) is 0 Å². The molecule has 0 aliphatic heterocycles. The summed E-state index contributed by atoms with van der Waals surface area (Å²) in [5, 5.41) is 8.52. The van der Waals surface area contributed by atoms with E-state index in [1.807, 2.05) is 24.3 Å². The molecule has 5 nitrogen and oxygen atoms in total. The van der Waals surface area contributed by atoms with Crippen molar-refractivity contribution in [1.82, 2.24) is 10.2 Å². The lowest BCUT2D eigenvalue weighted by atomic mass is 10.2. The molecule has 3 aromatic rings. The molecular formula is C15H10Cl2IN3O2. The standard InChI is InChI=1S/C15H10Cl2IN3O2/c16-10-3-1-8(5-11(10)17)7-22-13-4-2-9(6-12(13)18)14-20-21-15(19)23-14/h1-6H,7H2,(H2,19,21). The number of hydrogen-bond acceptors (Lipinski definition) is 5. The lowest BCUT2D eigenvalue weighted by Crippen LogP contribution is -1.97. The van der Waals surface area contributed by atoms with Crippen LogP contribution in [0.4, 0.5) is 6.01 Å². The van der Waals surface area contributed by atoms with Gasteiger partial charge in [-0.2, -0.15) is 0 Å². The van der Waals surface area contributed by atoms with Crippen molar-refractivity contribution in [2.24, 2.45) is 0 Å². The van der Waals surface area contributed by atoms with Gasteiger partial charge in [-0.3, -0.25) is 0 Å². The Bertz CT molecular complexity index is 854. The summed E-state index contributed by atoms with van der Waals surface area (Å²) in [7, 11) is 0. The van der Waals surface area contributed by atoms with E-state index in [9.17, 15) is 0 Å². The van der Waals surface area contributed by atoms with Gasteiger partial charge in [-0.25, -0.2) is 0 Å². The number of anilines is 1. The van der Waals surface area contributed by atoms with Crippen molar-refractivity contribution in [3.8, 4) is 17.2 Å². The molecule has 0 amide bonds. The Morgan fingerprint density at radius 1 is 1.09 bits per heavy atom. The van der Waals surface area contributed by atoms with Crippen LogP contribution in [0.15, 0.2) is 40.8 Å². The number of halogens is 3. The maximum Gasteiger partial charge on any atom is 0.313 e. The molecule has 0 saturated carbocycles. The summed E-state index contributed by atoms with van der Waals surface area (Å²) in [6.45, 7) is 0.389. The highest BCUT2D eigenvalue weighted by Crippen LogP contribution is 2.29. The first-order valence-electron chi connectivity index (χ1n) is 6.48. The molecule has 0 saturated heterocycles. The van der Waals surface area contributed by atoms with Crippen LogP contribution in [-0.2, 0) is 6.61 Å². The third-order valence-corrected chi connectivity index (χ3v) is 4.58. The number of ether oxygens (including phenoxy) is 1. The Hall–Kier alpha value is -1.51. The molecule has 8 heteroatoms. The Kier molecular flexibility index (Phi) is 4.93. The van der Waals surface area contributed by atoms with Crippen LogP contribution in [0.3, 0.4) is 0 Å². The van der Waals surface area contributed by atoms with Crippen molar-refractivity contribution in [2.75, 3.05) is 5.73 Å². The van der Waals surface area contributed by atoms with Gasteiger partial charge in [0.05, 0.1) is 13.6 Å². The second-order valence-corrected chi connectivity index (χ2v) is 6.60. The molecular weight excluding hydrogens is 452 g/mol. The van der Waals surface area contributed by atoms with E-state index in [1.165, 1.54) is 0 Å². The topological polar surface area (TPSA) is 74.2 Å². The number of nitrogen functional groups attached to an aromatic ring is 1. The van der Waals surface area contributed by atoms with Gasteiger partial charge in [0.25, 0.3) is 0 Å². The normalized spacial score (nSPS) is 10.7. The smallest absolute Gasteiger partial charge is 0.313 e. The molecule has 3 rings (SSSR count). The number of nitrogens with two attached hydrogens (primary N) is 1. The summed E-state index contributed by atoms with van der Waals surface area (Å²) in [4.78, 5) is 0. The van der Waals surface area contributed by atoms with Crippen molar-refractivity contribution in [3.05, 3.63) is 55.6 Å². The van der Waals surface area contributed by atoms with Crippen LogP contribution in [0.2, 0.25) is 10.0 Å². The zero-order valence-corrected chi connectivity index (χ0v) is 15.3. The lowest BCUT2D eigenvalue weighted by molar-refractivity contribution is 0.304. The molecule has 1 heterocycles. The van der Waals surface area contributed by atoms with Crippen LogP contribution in [0, 0.1) is 3.57 Å². The van der Waals surface area contributed by atoms with E-state index in [4.69, 9.17) is 38.1 Å². The highest BCUT2D eigenvalue weighted by Gasteiger charge is 2.10. The fourth-order valence-electron chi connectivity index (χ4n) is 1.89. The van der Waals surface area contributed by atoms with Gasteiger partial charge in [0, 0.05) is 5.56 Å².